The fraction of sp³-hybridized carbons (Fsp3) is 0.450. The number of hydrogen-bond acceptors (Lipinski definition) is 9. The standard InChI is InChI=1S/C20H24O9/c1-8-4-10-5-11(27-3)6-12(15(10)17(24)14(8)9(2)22)28-20-19(26)18(25)16(23)13(7-21)29-20/h4-6,13,16,18-21,23-26H,7H2,1-3H3/t13-,16-,18-,19-,20-/m1/s1. The number of aliphatic hydroxyl groups excluding tert-OH is 4. The number of carbonyl (C=O) groups excluding carboxylic acids is 1. The van der Waals surface area contributed by atoms with Gasteiger partial charge in [-0.2, -0.15) is 0 Å². The molecule has 0 aromatic heterocycles. The topological polar surface area (TPSA) is 146 Å². The molecule has 5 N–H and O–H groups in total. The van der Waals surface area contributed by atoms with E-state index in [-0.39, 0.29) is 28.2 Å². The summed E-state index contributed by atoms with van der Waals surface area (Å²) in [5.74, 6) is -0.221. The molecule has 1 heterocycles. The maximum absolute atomic E-state index is 12.0. The van der Waals surface area contributed by atoms with E-state index < -0.39 is 37.3 Å². The molecule has 158 valence electrons. The molecule has 5 atom stereocenters. The van der Waals surface area contributed by atoms with Crippen molar-refractivity contribution in [2.24, 2.45) is 0 Å². The third kappa shape index (κ3) is 3.75. The normalized spacial score (nSPS) is 27.1. The highest BCUT2D eigenvalue weighted by Crippen LogP contribution is 2.41. The first kappa shape index (κ1) is 21.3. The van der Waals surface area contributed by atoms with Crippen molar-refractivity contribution in [3.8, 4) is 17.2 Å². The van der Waals surface area contributed by atoms with Crippen molar-refractivity contribution in [2.75, 3.05) is 13.7 Å². The zero-order valence-electron chi connectivity index (χ0n) is 16.2. The number of carbonyl (C=O) groups is 1. The molecule has 0 spiro atoms. The van der Waals surface area contributed by atoms with Gasteiger partial charge in [0.2, 0.25) is 6.29 Å². The Morgan fingerprint density at radius 3 is 2.41 bits per heavy atom. The number of hydrogen-bond donors (Lipinski definition) is 5. The summed E-state index contributed by atoms with van der Waals surface area (Å²) in [4.78, 5) is 12.0. The lowest BCUT2D eigenvalue weighted by molar-refractivity contribution is -0.277. The fourth-order valence-corrected chi connectivity index (χ4v) is 3.54. The number of ketones is 1. The molecule has 2 aromatic carbocycles. The third-order valence-corrected chi connectivity index (χ3v) is 5.03. The molecule has 0 unspecified atom stereocenters. The zero-order chi connectivity index (χ0) is 21.5. The van der Waals surface area contributed by atoms with Crippen LogP contribution < -0.4 is 9.47 Å². The number of ether oxygens (including phenoxy) is 3. The molecular formula is C20H24O9. The van der Waals surface area contributed by atoms with E-state index in [1.165, 1.54) is 20.1 Å². The quantitative estimate of drug-likeness (QED) is 0.439. The van der Waals surface area contributed by atoms with Gasteiger partial charge in [-0.15, -0.1) is 0 Å². The van der Waals surface area contributed by atoms with E-state index in [1.54, 1.807) is 19.1 Å². The second-order valence-corrected chi connectivity index (χ2v) is 7.01. The highest BCUT2D eigenvalue weighted by molar-refractivity contribution is 6.07. The summed E-state index contributed by atoms with van der Waals surface area (Å²) in [5.41, 5.74) is 0.691. The molecular weight excluding hydrogens is 384 g/mol. The van der Waals surface area contributed by atoms with E-state index in [1.807, 2.05) is 0 Å². The molecule has 1 fully saturated rings. The van der Waals surface area contributed by atoms with E-state index in [0.29, 0.717) is 16.7 Å². The van der Waals surface area contributed by atoms with Gasteiger partial charge in [0.15, 0.2) is 5.78 Å². The number of phenols is 1. The largest absolute Gasteiger partial charge is 0.506 e. The van der Waals surface area contributed by atoms with Crippen molar-refractivity contribution in [1.29, 1.82) is 0 Å². The summed E-state index contributed by atoms with van der Waals surface area (Å²) in [5, 5.41) is 51.0. The Morgan fingerprint density at radius 1 is 1.14 bits per heavy atom. The van der Waals surface area contributed by atoms with Crippen LogP contribution in [0, 0.1) is 6.92 Å². The van der Waals surface area contributed by atoms with Crippen molar-refractivity contribution in [3.63, 3.8) is 0 Å². The van der Waals surface area contributed by atoms with Gasteiger partial charge in [-0.3, -0.25) is 4.79 Å². The molecule has 0 aliphatic carbocycles. The monoisotopic (exact) mass is 408 g/mol. The van der Waals surface area contributed by atoms with Crippen molar-refractivity contribution >= 4 is 16.6 Å². The molecule has 9 nitrogen and oxygen atoms in total. The maximum atomic E-state index is 12.0. The number of Topliss-reactive ketones (excluding diaryl/α,β-unsaturated/α-hetero) is 1. The van der Waals surface area contributed by atoms with Crippen LogP contribution in [0.1, 0.15) is 22.8 Å². The number of benzene rings is 2. The fourth-order valence-electron chi connectivity index (χ4n) is 3.54. The predicted octanol–water partition coefficient (Wildman–Crippen LogP) is 0.244. The molecule has 0 amide bonds. The molecule has 3 rings (SSSR count). The number of phenolic OH excluding ortho intramolecular Hbond substituents is 1. The summed E-state index contributed by atoms with van der Waals surface area (Å²) in [6.07, 6.45) is -7.39. The molecule has 1 saturated heterocycles. The van der Waals surface area contributed by atoms with Crippen LogP contribution in [0.3, 0.4) is 0 Å². The van der Waals surface area contributed by atoms with Gasteiger partial charge in [0.25, 0.3) is 0 Å². The van der Waals surface area contributed by atoms with Crippen LogP contribution in [0.2, 0.25) is 0 Å². The predicted molar refractivity (Wildman–Crippen MR) is 101 cm³/mol. The average Bonchev–Trinajstić information content (AvgIpc) is 2.67. The van der Waals surface area contributed by atoms with Crippen LogP contribution in [0.5, 0.6) is 17.2 Å². The molecule has 0 radical (unpaired) electrons. The van der Waals surface area contributed by atoms with Crippen molar-refractivity contribution in [3.05, 3.63) is 29.3 Å². The highest BCUT2D eigenvalue weighted by atomic mass is 16.7. The summed E-state index contributed by atoms with van der Waals surface area (Å²) in [7, 11) is 1.44. The number of methoxy groups -OCH3 is 1. The Hall–Kier alpha value is -2.43. The lowest BCUT2D eigenvalue weighted by Crippen LogP contribution is -2.60. The van der Waals surface area contributed by atoms with Crippen LogP contribution in [-0.4, -0.2) is 75.7 Å². The first-order valence-electron chi connectivity index (χ1n) is 9.02. The maximum Gasteiger partial charge on any atom is 0.229 e. The SMILES string of the molecule is COc1cc(O[C@@H]2O[C@H](CO)[C@@H](O)[C@@H](O)[C@H]2O)c2c(O)c(C(C)=O)c(C)cc2c1. The van der Waals surface area contributed by atoms with Crippen molar-refractivity contribution < 1.29 is 44.5 Å². The van der Waals surface area contributed by atoms with E-state index in [9.17, 15) is 30.3 Å². The summed E-state index contributed by atoms with van der Waals surface area (Å²) < 4.78 is 16.4. The lowest BCUT2D eigenvalue weighted by Gasteiger charge is -2.39. The Bertz CT molecular complexity index is 924. The van der Waals surface area contributed by atoms with Crippen LogP contribution in [0.25, 0.3) is 10.8 Å². The van der Waals surface area contributed by atoms with Gasteiger partial charge in [-0.1, -0.05) is 6.07 Å². The van der Waals surface area contributed by atoms with E-state index in [0.717, 1.165) is 0 Å². The number of fused-ring (bicyclic) bond motifs is 1. The summed E-state index contributed by atoms with van der Waals surface area (Å²) in [6, 6.07) is 4.77. The molecule has 9 heteroatoms. The molecule has 29 heavy (non-hydrogen) atoms. The van der Waals surface area contributed by atoms with Gasteiger partial charge in [-0.05, 0) is 30.9 Å². The Labute approximate surface area is 166 Å². The van der Waals surface area contributed by atoms with E-state index in [2.05, 4.69) is 0 Å². The molecule has 1 aliphatic heterocycles. The van der Waals surface area contributed by atoms with Crippen molar-refractivity contribution in [2.45, 2.75) is 44.6 Å². The van der Waals surface area contributed by atoms with E-state index >= 15 is 0 Å². The molecule has 0 bridgehead atoms. The minimum atomic E-state index is -1.63. The van der Waals surface area contributed by atoms with Gasteiger partial charge in [0.1, 0.15) is 41.7 Å². The zero-order valence-corrected chi connectivity index (χ0v) is 16.2. The lowest BCUT2D eigenvalue weighted by atomic mass is 9.96. The highest BCUT2D eigenvalue weighted by Gasteiger charge is 2.45. The number of aromatic hydroxyl groups is 1. The Kier molecular flexibility index (Phi) is 5.97. The van der Waals surface area contributed by atoms with Gasteiger partial charge < -0.3 is 39.7 Å². The van der Waals surface area contributed by atoms with E-state index in [4.69, 9.17) is 14.2 Å². The average molecular weight is 408 g/mol. The minimum absolute atomic E-state index is 0.0312. The van der Waals surface area contributed by atoms with Crippen LogP contribution in [0.4, 0.5) is 0 Å². The molecule has 2 aromatic rings. The smallest absolute Gasteiger partial charge is 0.229 e. The van der Waals surface area contributed by atoms with Gasteiger partial charge in [0, 0.05) is 6.07 Å². The molecule has 0 saturated carbocycles. The van der Waals surface area contributed by atoms with Gasteiger partial charge in [0.05, 0.1) is 24.7 Å². The minimum Gasteiger partial charge on any atom is -0.506 e. The number of rotatable bonds is 5. The first-order chi connectivity index (χ1) is 13.7. The van der Waals surface area contributed by atoms with Crippen LogP contribution >= 0.6 is 0 Å². The van der Waals surface area contributed by atoms with Crippen molar-refractivity contribution in [1.82, 2.24) is 0 Å². The Morgan fingerprint density at radius 2 is 1.83 bits per heavy atom. The number of aryl methyl sites for hydroxylation is 1. The van der Waals surface area contributed by atoms with Gasteiger partial charge in [-0.25, -0.2) is 0 Å². The van der Waals surface area contributed by atoms with Crippen LogP contribution in [-0.2, 0) is 4.74 Å². The second-order valence-electron chi connectivity index (χ2n) is 7.01. The first-order valence-corrected chi connectivity index (χ1v) is 9.02. The van der Waals surface area contributed by atoms with Gasteiger partial charge >= 0.3 is 0 Å². The third-order valence-electron chi connectivity index (χ3n) is 5.03. The summed E-state index contributed by atoms with van der Waals surface area (Å²) in [6.45, 7) is 2.41. The summed E-state index contributed by atoms with van der Waals surface area (Å²) >= 11 is 0. The number of aliphatic hydroxyl groups is 4. The Balaban J connectivity index is 2.13. The second kappa shape index (κ2) is 8.13. The molecule has 1 aliphatic rings. The van der Waals surface area contributed by atoms with Crippen LogP contribution in [0.15, 0.2) is 18.2 Å².